The normalized spacial score (nSPS) is 11.0. The SMILES string of the molecule is Cc1cc(/C=C/c2ccc(Cl)cc2)c(C(=O)O)s1. The van der Waals surface area contributed by atoms with E-state index in [0.717, 1.165) is 16.0 Å². The first-order valence-electron chi connectivity index (χ1n) is 5.33. The number of aryl methyl sites for hydroxylation is 1. The Labute approximate surface area is 114 Å². The minimum absolute atomic E-state index is 0.373. The van der Waals surface area contributed by atoms with Gasteiger partial charge in [0.15, 0.2) is 0 Å². The first kappa shape index (κ1) is 12.9. The average molecular weight is 279 g/mol. The fourth-order valence-electron chi connectivity index (χ4n) is 1.58. The van der Waals surface area contributed by atoms with Gasteiger partial charge in [0.25, 0.3) is 0 Å². The number of hydrogen-bond donors (Lipinski definition) is 1. The zero-order valence-corrected chi connectivity index (χ0v) is 11.3. The fourth-order valence-corrected chi connectivity index (χ4v) is 2.55. The van der Waals surface area contributed by atoms with Crippen molar-refractivity contribution in [1.82, 2.24) is 0 Å². The Hall–Kier alpha value is -1.58. The Kier molecular flexibility index (Phi) is 3.84. The lowest BCUT2D eigenvalue weighted by atomic mass is 10.1. The van der Waals surface area contributed by atoms with Gasteiger partial charge in [-0.1, -0.05) is 35.9 Å². The van der Waals surface area contributed by atoms with Crippen LogP contribution in [0.3, 0.4) is 0 Å². The maximum Gasteiger partial charge on any atom is 0.346 e. The first-order valence-corrected chi connectivity index (χ1v) is 6.53. The van der Waals surface area contributed by atoms with Crippen molar-refractivity contribution in [3.05, 3.63) is 56.2 Å². The van der Waals surface area contributed by atoms with Gasteiger partial charge in [0.1, 0.15) is 4.88 Å². The zero-order valence-electron chi connectivity index (χ0n) is 9.68. The molecule has 0 aliphatic heterocycles. The molecule has 18 heavy (non-hydrogen) atoms. The van der Waals surface area contributed by atoms with Crippen LogP contribution in [0.2, 0.25) is 5.02 Å². The average Bonchev–Trinajstić information content (AvgIpc) is 2.70. The first-order chi connectivity index (χ1) is 8.56. The lowest BCUT2D eigenvalue weighted by molar-refractivity contribution is 0.0702. The standard InChI is InChI=1S/C14H11ClO2S/c1-9-8-11(13(18-9)14(16)17)5-2-10-3-6-12(15)7-4-10/h2-8H,1H3,(H,16,17)/b5-2+. The van der Waals surface area contributed by atoms with E-state index in [1.807, 2.05) is 37.3 Å². The Bertz CT molecular complexity index is 597. The quantitative estimate of drug-likeness (QED) is 0.892. The summed E-state index contributed by atoms with van der Waals surface area (Å²) in [5.41, 5.74) is 1.72. The van der Waals surface area contributed by atoms with Gasteiger partial charge in [-0.05, 0) is 30.7 Å². The predicted molar refractivity (Wildman–Crippen MR) is 76.4 cm³/mol. The summed E-state index contributed by atoms with van der Waals surface area (Å²) in [5, 5.41) is 9.76. The number of hydrogen-bond acceptors (Lipinski definition) is 2. The Morgan fingerprint density at radius 3 is 2.56 bits per heavy atom. The van der Waals surface area contributed by atoms with E-state index in [4.69, 9.17) is 16.7 Å². The number of rotatable bonds is 3. The monoisotopic (exact) mass is 278 g/mol. The minimum Gasteiger partial charge on any atom is -0.477 e. The van der Waals surface area contributed by atoms with Crippen molar-refractivity contribution in [2.75, 3.05) is 0 Å². The third-order valence-corrected chi connectivity index (χ3v) is 3.71. The molecule has 0 saturated heterocycles. The number of thiophene rings is 1. The predicted octanol–water partition coefficient (Wildman–Crippen LogP) is 4.58. The van der Waals surface area contributed by atoms with E-state index < -0.39 is 5.97 Å². The molecule has 2 rings (SSSR count). The lowest BCUT2D eigenvalue weighted by Gasteiger charge is -1.94. The van der Waals surface area contributed by atoms with E-state index in [9.17, 15) is 4.79 Å². The third kappa shape index (κ3) is 3.00. The molecule has 2 aromatic rings. The smallest absolute Gasteiger partial charge is 0.346 e. The molecule has 0 fully saturated rings. The second kappa shape index (κ2) is 5.38. The molecular weight excluding hydrogens is 268 g/mol. The Balaban J connectivity index is 2.28. The van der Waals surface area contributed by atoms with Crippen LogP contribution in [0.15, 0.2) is 30.3 Å². The molecule has 1 N–H and O–H groups in total. The fraction of sp³-hybridized carbons (Fsp3) is 0.0714. The molecule has 1 aromatic heterocycles. The molecule has 1 heterocycles. The topological polar surface area (TPSA) is 37.3 Å². The van der Waals surface area contributed by atoms with Gasteiger partial charge in [0.2, 0.25) is 0 Å². The van der Waals surface area contributed by atoms with Gasteiger partial charge in [-0.25, -0.2) is 4.79 Å². The van der Waals surface area contributed by atoms with Crippen LogP contribution in [0.4, 0.5) is 0 Å². The number of carboxylic acid groups (broad SMARTS) is 1. The molecule has 0 aliphatic carbocycles. The van der Waals surface area contributed by atoms with Crippen LogP contribution in [-0.2, 0) is 0 Å². The van der Waals surface area contributed by atoms with Crippen molar-refractivity contribution in [3.63, 3.8) is 0 Å². The molecule has 0 atom stereocenters. The third-order valence-electron chi connectivity index (χ3n) is 2.40. The Morgan fingerprint density at radius 2 is 1.94 bits per heavy atom. The largest absolute Gasteiger partial charge is 0.477 e. The number of carbonyl (C=O) groups is 1. The minimum atomic E-state index is -0.885. The molecule has 0 radical (unpaired) electrons. The molecule has 0 saturated carbocycles. The van der Waals surface area contributed by atoms with Gasteiger partial charge in [0, 0.05) is 15.5 Å². The van der Waals surface area contributed by atoms with Gasteiger partial charge >= 0.3 is 5.97 Å². The molecule has 4 heteroatoms. The number of carboxylic acids is 1. The van der Waals surface area contributed by atoms with Crippen molar-refractivity contribution < 1.29 is 9.90 Å². The van der Waals surface area contributed by atoms with Gasteiger partial charge in [-0.2, -0.15) is 0 Å². The van der Waals surface area contributed by atoms with E-state index in [2.05, 4.69) is 0 Å². The van der Waals surface area contributed by atoms with E-state index in [1.54, 1.807) is 12.1 Å². The van der Waals surface area contributed by atoms with Crippen LogP contribution in [0.5, 0.6) is 0 Å². The van der Waals surface area contributed by atoms with E-state index in [0.29, 0.717) is 9.90 Å². The van der Waals surface area contributed by atoms with Crippen LogP contribution in [0, 0.1) is 6.92 Å². The highest BCUT2D eigenvalue weighted by molar-refractivity contribution is 7.14. The summed E-state index contributed by atoms with van der Waals surface area (Å²) in [6, 6.07) is 9.26. The maximum absolute atomic E-state index is 11.1. The molecule has 0 bridgehead atoms. The van der Waals surface area contributed by atoms with Gasteiger partial charge in [0.05, 0.1) is 0 Å². The Morgan fingerprint density at radius 1 is 1.28 bits per heavy atom. The summed E-state index contributed by atoms with van der Waals surface area (Å²) in [7, 11) is 0. The van der Waals surface area contributed by atoms with Gasteiger partial charge < -0.3 is 5.11 Å². The van der Waals surface area contributed by atoms with Crippen molar-refractivity contribution in [3.8, 4) is 0 Å². The molecule has 2 nitrogen and oxygen atoms in total. The summed E-state index contributed by atoms with van der Waals surface area (Å²) in [4.78, 5) is 12.4. The van der Waals surface area contributed by atoms with E-state index in [-0.39, 0.29) is 0 Å². The summed E-state index contributed by atoms with van der Waals surface area (Å²) in [6.45, 7) is 1.90. The molecule has 0 unspecified atom stereocenters. The summed E-state index contributed by atoms with van der Waals surface area (Å²) in [6.07, 6.45) is 3.69. The summed E-state index contributed by atoms with van der Waals surface area (Å²) >= 11 is 7.09. The zero-order chi connectivity index (χ0) is 13.1. The van der Waals surface area contributed by atoms with Crippen LogP contribution < -0.4 is 0 Å². The van der Waals surface area contributed by atoms with Crippen molar-refractivity contribution in [2.24, 2.45) is 0 Å². The molecule has 0 spiro atoms. The molecule has 1 aromatic carbocycles. The van der Waals surface area contributed by atoms with Crippen LogP contribution in [-0.4, -0.2) is 11.1 Å². The van der Waals surface area contributed by atoms with Gasteiger partial charge in [-0.15, -0.1) is 11.3 Å². The summed E-state index contributed by atoms with van der Waals surface area (Å²) in [5.74, 6) is -0.885. The van der Waals surface area contributed by atoms with Crippen LogP contribution in [0.25, 0.3) is 12.2 Å². The summed E-state index contributed by atoms with van der Waals surface area (Å²) < 4.78 is 0. The number of aromatic carboxylic acids is 1. The molecular formula is C14H11ClO2S. The van der Waals surface area contributed by atoms with E-state index in [1.165, 1.54) is 11.3 Å². The van der Waals surface area contributed by atoms with E-state index >= 15 is 0 Å². The van der Waals surface area contributed by atoms with Gasteiger partial charge in [-0.3, -0.25) is 0 Å². The second-order valence-electron chi connectivity index (χ2n) is 3.83. The highest BCUT2D eigenvalue weighted by Gasteiger charge is 2.11. The van der Waals surface area contributed by atoms with Crippen LogP contribution in [0.1, 0.15) is 25.7 Å². The van der Waals surface area contributed by atoms with Crippen LogP contribution >= 0.6 is 22.9 Å². The lowest BCUT2D eigenvalue weighted by Crippen LogP contribution is -1.93. The van der Waals surface area contributed by atoms with Crippen molar-refractivity contribution in [2.45, 2.75) is 6.92 Å². The molecule has 92 valence electrons. The number of halogens is 1. The molecule has 0 amide bonds. The number of benzene rings is 1. The second-order valence-corrected chi connectivity index (χ2v) is 5.52. The molecule has 0 aliphatic rings. The maximum atomic E-state index is 11.1. The van der Waals surface area contributed by atoms with Crippen molar-refractivity contribution >= 4 is 41.1 Å². The highest BCUT2D eigenvalue weighted by Crippen LogP contribution is 2.24. The highest BCUT2D eigenvalue weighted by atomic mass is 35.5. The van der Waals surface area contributed by atoms with Crippen molar-refractivity contribution in [1.29, 1.82) is 0 Å².